The zero-order valence-electron chi connectivity index (χ0n) is 12.0. The average molecular weight is 278 g/mol. The van der Waals surface area contributed by atoms with Crippen molar-refractivity contribution in [3.05, 3.63) is 18.2 Å². The highest BCUT2D eigenvalue weighted by Crippen LogP contribution is 2.32. The molecule has 0 aromatic heterocycles. The monoisotopic (exact) mass is 278 g/mol. The first-order valence-corrected chi connectivity index (χ1v) is 7.00. The summed E-state index contributed by atoms with van der Waals surface area (Å²) in [5, 5.41) is 2.89. The molecule has 1 unspecified atom stereocenters. The Morgan fingerprint density at radius 3 is 2.65 bits per heavy atom. The summed E-state index contributed by atoms with van der Waals surface area (Å²) in [4.78, 5) is 12.2. The van der Waals surface area contributed by atoms with Crippen LogP contribution in [0.1, 0.15) is 20.3 Å². The molecule has 20 heavy (non-hydrogen) atoms. The number of benzene rings is 1. The predicted molar refractivity (Wildman–Crippen MR) is 78.1 cm³/mol. The molecule has 110 valence electrons. The molecule has 1 aromatic rings. The molecule has 0 saturated heterocycles. The Morgan fingerprint density at radius 2 is 2.00 bits per heavy atom. The molecule has 1 amide bonds. The van der Waals surface area contributed by atoms with Crippen LogP contribution in [0.15, 0.2) is 18.2 Å². The van der Waals surface area contributed by atoms with E-state index in [1.165, 1.54) is 0 Å². The Balaban J connectivity index is 2.03. The van der Waals surface area contributed by atoms with Crippen LogP contribution in [-0.4, -0.2) is 25.7 Å². The standard InChI is InChI=1S/C15H22N2O3/c1-10(2)7-11(9-16)15(18)17-12-3-4-13-14(8-12)20-6-5-19-13/h3-4,8,10-11H,5-7,9,16H2,1-2H3,(H,17,18). The second-order valence-electron chi connectivity index (χ2n) is 5.41. The Hall–Kier alpha value is -1.75. The number of carbonyl (C=O) groups excluding carboxylic acids is 1. The molecule has 5 nitrogen and oxygen atoms in total. The van der Waals surface area contributed by atoms with Crippen LogP contribution >= 0.6 is 0 Å². The lowest BCUT2D eigenvalue weighted by molar-refractivity contribution is -0.120. The second-order valence-corrected chi connectivity index (χ2v) is 5.41. The number of hydrogen-bond acceptors (Lipinski definition) is 4. The molecule has 0 bridgehead atoms. The van der Waals surface area contributed by atoms with Gasteiger partial charge in [0.2, 0.25) is 5.91 Å². The summed E-state index contributed by atoms with van der Waals surface area (Å²) in [5.41, 5.74) is 6.39. The average Bonchev–Trinajstić information content (AvgIpc) is 2.44. The van der Waals surface area contributed by atoms with Gasteiger partial charge in [-0.2, -0.15) is 0 Å². The fourth-order valence-electron chi connectivity index (χ4n) is 2.24. The summed E-state index contributed by atoms with van der Waals surface area (Å²) in [6, 6.07) is 5.41. The van der Waals surface area contributed by atoms with E-state index >= 15 is 0 Å². The van der Waals surface area contributed by atoms with Gasteiger partial charge in [0.25, 0.3) is 0 Å². The van der Waals surface area contributed by atoms with Crippen molar-refractivity contribution in [2.45, 2.75) is 20.3 Å². The summed E-state index contributed by atoms with van der Waals surface area (Å²) >= 11 is 0. The number of nitrogens with two attached hydrogens (primary N) is 1. The number of rotatable bonds is 5. The van der Waals surface area contributed by atoms with Gasteiger partial charge in [0, 0.05) is 18.3 Å². The maximum absolute atomic E-state index is 12.2. The summed E-state index contributed by atoms with van der Waals surface area (Å²) < 4.78 is 10.9. The van der Waals surface area contributed by atoms with Gasteiger partial charge in [-0.3, -0.25) is 4.79 Å². The number of ether oxygens (including phenoxy) is 2. The number of hydrogen-bond donors (Lipinski definition) is 2. The van der Waals surface area contributed by atoms with Gasteiger partial charge in [-0.1, -0.05) is 13.8 Å². The SMILES string of the molecule is CC(C)CC(CN)C(=O)Nc1ccc2c(c1)OCCO2. The molecule has 1 aliphatic rings. The number of fused-ring (bicyclic) bond motifs is 1. The first-order valence-electron chi connectivity index (χ1n) is 7.00. The quantitative estimate of drug-likeness (QED) is 0.864. The minimum Gasteiger partial charge on any atom is -0.486 e. The molecular weight excluding hydrogens is 256 g/mol. The van der Waals surface area contributed by atoms with Gasteiger partial charge in [0.15, 0.2) is 11.5 Å². The Bertz CT molecular complexity index is 474. The predicted octanol–water partition coefficient (Wildman–Crippen LogP) is 2.02. The van der Waals surface area contributed by atoms with Crippen molar-refractivity contribution in [3.8, 4) is 11.5 Å². The molecule has 1 aliphatic heterocycles. The molecule has 5 heteroatoms. The normalized spacial score (nSPS) is 15.0. The molecule has 2 rings (SSSR count). The number of anilines is 1. The maximum atomic E-state index is 12.2. The summed E-state index contributed by atoms with van der Waals surface area (Å²) in [5.74, 6) is 1.62. The highest BCUT2D eigenvalue weighted by atomic mass is 16.6. The van der Waals surface area contributed by atoms with Crippen molar-refractivity contribution in [1.29, 1.82) is 0 Å². The Kier molecular flexibility index (Phi) is 4.84. The van der Waals surface area contributed by atoms with Gasteiger partial charge in [0.1, 0.15) is 13.2 Å². The molecule has 1 aromatic carbocycles. The number of nitrogens with one attached hydrogen (secondary N) is 1. The van der Waals surface area contributed by atoms with Gasteiger partial charge in [0.05, 0.1) is 5.92 Å². The fraction of sp³-hybridized carbons (Fsp3) is 0.533. The second kappa shape index (κ2) is 6.61. The molecule has 0 spiro atoms. The lowest BCUT2D eigenvalue weighted by atomic mass is 9.96. The summed E-state index contributed by atoms with van der Waals surface area (Å²) in [6.45, 7) is 5.61. The minimum atomic E-state index is -0.164. The third-order valence-electron chi connectivity index (χ3n) is 3.22. The third-order valence-corrected chi connectivity index (χ3v) is 3.22. The summed E-state index contributed by atoms with van der Waals surface area (Å²) in [6.07, 6.45) is 0.785. The largest absolute Gasteiger partial charge is 0.486 e. The van der Waals surface area contributed by atoms with E-state index in [2.05, 4.69) is 19.2 Å². The molecule has 0 radical (unpaired) electrons. The van der Waals surface area contributed by atoms with Crippen LogP contribution < -0.4 is 20.5 Å². The number of carbonyl (C=O) groups is 1. The van der Waals surface area contributed by atoms with Gasteiger partial charge >= 0.3 is 0 Å². The molecule has 0 fully saturated rings. The van der Waals surface area contributed by atoms with Crippen molar-refractivity contribution in [2.24, 2.45) is 17.6 Å². The van der Waals surface area contributed by atoms with Crippen molar-refractivity contribution < 1.29 is 14.3 Å². The van der Waals surface area contributed by atoms with Crippen LogP contribution in [0, 0.1) is 11.8 Å². The molecule has 3 N–H and O–H groups in total. The lowest BCUT2D eigenvalue weighted by Gasteiger charge is -2.20. The van der Waals surface area contributed by atoms with Crippen LogP contribution in [-0.2, 0) is 4.79 Å². The van der Waals surface area contributed by atoms with Crippen LogP contribution in [0.4, 0.5) is 5.69 Å². The van der Waals surface area contributed by atoms with E-state index in [9.17, 15) is 4.79 Å². The van der Waals surface area contributed by atoms with E-state index in [0.717, 1.165) is 6.42 Å². The zero-order chi connectivity index (χ0) is 14.5. The minimum absolute atomic E-state index is 0.0436. The van der Waals surface area contributed by atoms with E-state index in [-0.39, 0.29) is 11.8 Å². The van der Waals surface area contributed by atoms with Crippen LogP contribution in [0.5, 0.6) is 11.5 Å². The Morgan fingerprint density at radius 1 is 1.30 bits per heavy atom. The molecule has 0 aliphatic carbocycles. The summed E-state index contributed by atoms with van der Waals surface area (Å²) in [7, 11) is 0. The molecule has 1 heterocycles. The highest BCUT2D eigenvalue weighted by molar-refractivity contribution is 5.93. The fourth-order valence-corrected chi connectivity index (χ4v) is 2.24. The van der Waals surface area contributed by atoms with E-state index in [0.29, 0.717) is 42.9 Å². The van der Waals surface area contributed by atoms with Crippen molar-refractivity contribution in [1.82, 2.24) is 0 Å². The Labute approximate surface area is 119 Å². The smallest absolute Gasteiger partial charge is 0.228 e. The van der Waals surface area contributed by atoms with Gasteiger partial charge in [-0.15, -0.1) is 0 Å². The lowest BCUT2D eigenvalue weighted by Crippen LogP contribution is -2.30. The van der Waals surface area contributed by atoms with Crippen LogP contribution in [0.2, 0.25) is 0 Å². The van der Waals surface area contributed by atoms with Crippen molar-refractivity contribution >= 4 is 11.6 Å². The van der Waals surface area contributed by atoms with Gasteiger partial charge in [-0.25, -0.2) is 0 Å². The maximum Gasteiger partial charge on any atom is 0.228 e. The topological polar surface area (TPSA) is 73.6 Å². The highest BCUT2D eigenvalue weighted by Gasteiger charge is 2.19. The molecule has 1 atom stereocenters. The van der Waals surface area contributed by atoms with E-state index in [1.54, 1.807) is 6.07 Å². The van der Waals surface area contributed by atoms with E-state index in [4.69, 9.17) is 15.2 Å². The van der Waals surface area contributed by atoms with Crippen molar-refractivity contribution in [2.75, 3.05) is 25.1 Å². The molecular formula is C15H22N2O3. The first-order chi connectivity index (χ1) is 9.60. The van der Waals surface area contributed by atoms with Gasteiger partial charge in [-0.05, 0) is 24.5 Å². The van der Waals surface area contributed by atoms with Gasteiger partial charge < -0.3 is 20.5 Å². The van der Waals surface area contributed by atoms with E-state index < -0.39 is 0 Å². The van der Waals surface area contributed by atoms with Crippen molar-refractivity contribution in [3.63, 3.8) is 0 Å². The zero-order valence-corrected chi connectivity index (χ0v) is 12.0. The first kappa shape index (κ1) is 14.7. The molecule has 0 saturated carbocycles. The third kappa shape index (κ3) is 3.63. The van der Waals surface area contributed by atoms with Crippen LogP contribution in [0.3, 0.4) is 0 Å². The van der Waals surface area contributed by atoms with Crippen LogP contribution in [0.25, 0.3) is 0 Å². The van der Waals surface area contributed by atoms with E-state index in [1.807, 2.05) is 12.1 Å². The number of amides is 1.